The lowest BCUT2D eigenvalue weighted by molar-refractivity contribution is -0.155. The molecular weight excluding hydrogens is 258 g/mol. The number of rotatable bonds is 4. The van der Waals surface area contributed by atoms with Crippen LogP contribution in [0.2, 0.25) is 0 Å². The monoisotopic (exact) mass is 279 g/mol. The van der Waals surface area contributed by atoms with Gasteiger partial charge in [-0.1, -0.05) is 13.8 Å². The fourth-order valence-electron chi connectivity index (χ4n) is 3.05. The summed E-state index contributed by atoms with van der Waals surface area (Å²) in [7, 11) is 0. The maximum absolute atomic E-state index is 12.3. The molecule has 110 valence electrons. The molecule has 0 unspecified atom stereocenters. The molecule has 5 nitrogen and oxygen atoms in total. The molecule has 1 aliphatic carbocycles. The molecule has 0 radical (unpaired) electrons. The number of carbonyl (C=O) groups excluding carboxylic acids is 1. The summed E-state index contributed by atoms with van der Waals surface area (Å²) >= 11 is 0. The summed E-state index contributed by atoms with van der Waals surface area (Å²) in [4.78, 5) is 23.8. The fraction of sp³-hybridized carbons (Fsp3) is 0.600. The van der Waals surface area contributed by atoms with E-state index in [2.05, 4.69) is 5.32 Å². The van der Waals surface area contributed by atoms with E-state index in [1.807, 2.05) is 13.8 Å². The number of amides is 1. The van der Waals surface area contributed by atoms with Crippen LogP contribution in [0.5, 0.6) is 0 Å². The molecule has 2 atom stereocenters. The molecule has 2 N–H and O–H groups in total. The summed E-state index contributed by atoms with van der Waals surface area (Å²) in [6.45, 7) is 5.80. The molecule has 1 aromatic heterocycles. The highest BCUT2D eigenvalue weighted by Gasteiger charge is 2.58. The summed E-state index contributed by atoms with van der Waals surface area (Å²) in [6, 6.07) is 3.56. The number of carboxylic acids is 1. The van der Waals surface area contributed by atoms with E-state index in [4.69, 9.17) is 4.42 Å². The van der Waals surface area contributed by atoms with Crippen molar-refractivity contribution in [3.63, 3.8) is 0 Å². The van der Waals surface area contributed by atoms with Crippen LogP contribution in [0.1, 0.15) is 39.4 Å². The van der Waals surface area contributed by atoms with Gasteiger partial charge in [-0.05, 0) is 37.3 Å². The molecule has 1 heterocycles. The molecule has 1 fully saturated rings. The van der Waals surface area contributed by atoms with Gasteiger partial charge in [-0.25, -0.2) is 0 Å². The van der Waals surface area contributed by atoms with E-state index in [1.165, 1.54) is 0 Å². The normalized spacial score (nSPS) is 28.2. The van der Waals surface area contributed by atoms with E-state index in [1.54, 1.807) is 25.3 Å². The molecule has 0 bridgehead atoms. The van der Waals surface area contributed by atoms with Gasteiger partial charge in [0.2, 0.25) is 5.91 Å². The highest BCUT2D eigenvalue weighted by molar-refractivity contribution is 5.83. The Morgan fingerprint density at radius 1 is 1.45 bits per heavy atom. The first kappa shape index (κ1) is 14.6. The van der Waals surface area contributed by atoms with Crippen LogP contribution >= 0.6 is 0 Å². The van der Waals surface area contributed by atoms with Gasteiger partial charge in [0.05, 0.1) is 18.2 Å². The predicted octanol–water partition coefficient (Wildman–Crippen LogP) is 2.42. The van der Waals surface area contributed by atoms with Crippen molar-refractivity contribution < 1.29 is 19.1 Å². The van der Waals surface area contributed by atoms with Crippen LogP contribution < -0.4 is 5.32 Å². The summed E-state index contributed by atoms with van der Waals surface area (Å²) in [5, 5.41) is 12.3. The maximum Gasteiger partial charge on any atom is 0.309 e. The number of furan rings is 1. The van der Waals surface area contributed by atoms with Gasteiger partial charge in [-0.3, -0.25) is 9.59 Å². The highest BCUT2D eigenvalue weighted by atomic mass is 16.4. The van der Waals surface area contributed by atoms with Crippen molar-refractivity contribution in [1.29, 1.82) is 0 Å². The molecule has 1 aliphatic rings. The van der Waals surface area contributed by atoms with Crippen LogP contribution in [0.3, 0.4) is 0 Å². The molecule has 20 heavy (non-hydrogen) atoms. The number of carbonyl (C=O) groups is 2. The van der Waals surface area contributed by atoms with Gasteiger partial charge < -0.3 is 14.8 Å². The Morgan fingerprint density at radius 3 is 2.65 bits per heavy atom. The number of hydrogen-bond donors (Lipinski definition) is 2. The molecule has 0 aliphatic heterocycles. The number of hydrogen-bond acceptors (Lipinski definition) is 3. The topological polar surface area (TPSA) is 79.5 Å². The van der Waals surface area contributed by atoms with E-state index in [-0.39, 0.29) is 11.8 Å². The second-order valence-electron chi connectivity index (χ2n) is 6.25. The zero-order chi connectivity index (χ0) is 15.0. The smallest absolute Gasteiger partial charge is 0.309 e. The zero-order valence-corrected chi connectivity index (χ0v) is 12.1. The van der Waals surface area contributed by atoms with Gasteiger partial charge in [0, 0.05) is 5.92 Å². The van der Waals surface area contributed by atoms with Gasteiger partial charge in [0.1, 0.15) is 5.76 Å². The molecule has 1 aromatic rings. The standard InChI is InChI=1S/C15H21NO4/c1-14(2)11(6-7-15(14,3)13(18)19)12(17)16-9-10-5-4-8-20-10/h4-5,8,11H,6-7,9H2,1-3H3,(H,16,17)(H,18,19)/t11-,15+/m1/s1. The third-order valence-electron chi connectivity index (χ3n) is 5.03. The summed E-state index contributed by atoms with van der Waals surface area (Å²) in [6.07, 6.45) is 2.68. The first-order chi connectivity index (χ1) is 9.29. The first-order valence-corrected chi connectivity index (χ1v) is 6.82. The fourth-order valence-corrected chi connectivity index (χ4v) is 3.05. The Kier molecular flexibility index (Phi) is 3.63. The van der Waals surface area contributed by atoms with Crippen LogP contribution in [0.25, 0.3) is 0 Å². The predicted molar refractivity (Wildman–Crippen MR) is 72.8 cm³/mol. The molecule has 1 amide bonds. The molecular formula is C15H21NO4. The van der Waals surface area contributed by atoms with Gasteiger partial charge in [0.15, 0.2) is 0 Å². The lowest BCUT2D eigenvalue weighted by Gasteiger charge is -2.37. The lowest BCUT2D eigenvalue weighted by Crippen LogP contribution is -2.45. The van der Waals surface area contributed by atoms with Crippen molar-refractivity contribution in [3.8, 4) is 0 Å². The molecule has 0 aromatic carbocycles. The molecule has 0 spiro atoms. The van der Waals surface area contributed by atoms with Crippen molar-refractivity contribution in [1.82, 2.24) is 5.32 Å². The molecule has 1 saturated carbocycles. The van der Waals surface area contributed by atoms with Gasteiger partial charge in [-0.2, -0.15) is 0 Å². The summed E-state index contributed by atoms with van der Waals surface area (Å²) < 4.78 is 5.17. The quantitative estimate of drug-likeness (QED) is 0.887. The summed E-state index contributed by atoms with van der Waals surface area (Å²) in [5.41, 5.74) is -1.44. The van der Waals surface area contributed by atoms with E-state index in [9.17, 15) is 14.7 Å². The van der Waals surface area contributed by atoms with E-state index in [0.29, 0.717) is 25.1 Å². The average Bonchev–Trinajstić information content (AvgIpc) is 2.95. The maximum atomic E-state index is 12.3. The first-order valence-electron chi connectivity index (χ1n) is 6.82. The SMILES string of the molecule is CC1(C)[C@@H](C(=O)NCc2ccco2)CC[C@@]1(C)C(=O)O. The Bertz CT molecular complexity index is 506. The van der Waals surface area contributed by atoms with Crippen LogP contribution in [-0.4, -0.2) is 17.0 Å². The van der Waals surface area contributed by atoms with Crippen molar-refractivity contribution in [2.45, 2.75) is 40.2 Å². The van der Waals surface area contributed by atoms with Crippen molar-refractivity contribution in [2.24, 2.45) is 16.7 Å². The van der Waals surface area contributed by atoms with Crippen LogP contribution in [0.15, 0.2) is 22.8 Å². The Hall–Kier alpha value is -1.78. The van der Waals surface area contributed by atoms with Crippen LogP contribution in [-0.2, 0) is 16.1 Å². The van der Waals surface area contributed by atoms with Gasteiger partial charge in [-0.15, -0.1) is 0 Å². The van der Waals surface area contributed by atoms with Crippen LogP contribution in [0.4, 0.5) is 0 Å². The average molecular weight is 279 g/mol. The molecule has 5 heteroatoms. The Balaban J connectivity index is 2.06. The largest absolute Gasteiger partial charge is 0.481 e. The van der Waals surface area contributed by atoms with E-state index < -0.39 is 16.8 Å². The lowest BCUT2D eigenvalue weighted by atomic mass is 9.65. The third kappa shape index (κ3) is 2.21. The number of carboxylic acid groups (broad SMARTS) is 1. The molecule has 0 saturated heterocycles. The Labute approximate surface area is 118 Å². The number of nitrogens with one attached hydrogen (secondary N) is 1. The Morgan fingerprint density at radius 2 is 2.15 bits per heavy atom. The third-order valence-corrected chi connectivity index (χ3v) is 5.03. The van der Waals surface area contributed by atoms with Gasteiger partial charge in [0.25, 0.3) is 0 Å². The molecule has 2 rings (SSSR count). The highest BCUT2D eigenvalue weighted by Crippen LogP contribution is 2.56. The second kappa shape index (κ2) is 4.96. The second-order valence-corrected chi connectivity index (χ2v) is 6.25. The minimum absolute atomic E-state index is 0.101. The minimum atomic E-state index is -0.861. The zero-order valence-electron chi connectivity index (χ0n) is 12.1. The minimum Gasteiger partial charge on any atom is -0.481 e. The van der Waals surface area contributed by atoms with Gasteiger partial charge >= 0.3 is 5.97 Å². The van der Waals surface area contributed by atoms with Crippen molar-refractivity contribution in [3.05, 3.63) is 24.2 Å². The van der Waals surface area contributed by atoms with Crippen molar-refractivity contribution >= 4 is 11.9 Å². The number of aliphatic carboxylic acids is 1. The van der Waals surface area contributed by atoms with Crippen LogP contribution in [0, 0.1) is 16.7 Å². The van der Waals surface area contributed by atoms with E-state index in [0.717, 1.165) is 0 Å². The summed E-state index contributed by atoms with van der Waals surface area (Å²) in [5.74, 6) is -0.533. The van der Waals surface area contributed by atoms with Crippen molar-refractivity contribution in [2.75, 3.05) is 0 Å². The van der Waals surface area contributed by atoms with E-state index >= 15 is 0 Å².